The van der Waals surface area contributed by atoms with E-state index in [1.165, 1.54) is 0 Å². The fraction of sp³-hybridized carbons (Fsp3) is 0.267. The molecule has 0 fully saturated rings. The topological polar surface area (TPSA) is 26.3 Å². The van der Waals surface area contributed by atoms with Crippen molar-refractivity contribution in [2.75, 3.05) is 0 Å². The molecule has 0 N–H and O–H groups in total. The second-order valence-corrected chi connectivity index (χ2v) is 4.73. The highest BCUT2D eigenvalue weighted by Gasteiger charge is 2.62. The van der Waals surface area contributed by atoms with Crippen LogP contribution in [0, 0.1) is 12.3 Å². The Kier molecular flexibility index (Phi) is 3.46. The summed E-state index contributed by atoms with van der Waals surface area (Å²) in [5, 5.41) is 0. The van der Waals surface area contributed by atoms with Gasteiger partial charge in [-0.3, -0.25) is 4.79 Å². The molecule has 1 heterocycles. The van der Waals surface area contributed by atoms with E-state index in [0.29, 0.717) is 5.56 Å². The number of hydrogen-bond acceptors (Lipinski definition) is 2. The van der Waals surface area contributed by atoms with Crippen LogP contribution in [-0.2, 0) is 9.53 Å². The van der Waals surface area contributed by atoms with Gasteiger partial charge >= 0.3 is 12.1 Å². The lowest BCUT2D eigenvalue weighted by Crippen LogP contribution is -2.41. The number of carbonyl (C=O) groups is 1. The molecule has 1 aliphatic rings. The van der Waals surface area contributed by atoms with Crippen LogP contribution >= 0.6 is 0 Å². The summed E-state index contributed by atoms with van der Waals surface area (Å²) in [7, 11) is 0. The van der Waals surface area contributed by atoms with Gasteiger partial charge in [-0.2, -0.15) is 13.2 Å². The minimum absolute atomic E-state index is 0.0609. The molecule has 20 heavy (non-hydrogen) atoms. The van der Waals surface area contributed by atoms with E-state index in [0.717, 1.165) is 17.7 Å². The van der Waals surface area contributed by atoms with Gasteiger partial charge < -0.3 is 4.74 Å². The molecule has 1 atom stereocenters. The monoisotopic (exact) mass is 282 g/mol. The number of esters is 1. The normalized spacial score (nSPS) is 22.4. The first-order valence-corrected chi connectivity index (χ1v) is 6.00. The lowest BCUT2D eigenvalue weighted by Gasteiger charge is -2.24. The maximum Gasteiger partial charge on any atom is 0.408 e. The summed E-state index contributed by atoms with van der Waals surface area (Å²) in [6.07, 6.45) is -3.33. The SMILES string of the molecule is C=CCC1(C(F)(F)F)C=C(c2ccc(C)cc2)OC1=O. The summed E-state index contributed by atoms with van der Waals surface area (Å²) in [4.78, 5) is 11.7. The van der Waals surface area contributed by atoms with Gasteiger partial charge in [0.2, 0.25) is 0 Å². The zero-order valence-corrected chi connectivity index (χ0v) is 10.8. The smallest absolute Gasteiger partial charge is 0.408 e. The highest BCUT2D eigenvalue weighted by molar-refractivity contribution is 5.92. The van der Waals surface area contributed by atoms with E-state index in [-0.39, 0.29) is 5.76 Å². The third kappa shape index (κ3) is 2.24. The maximum absolute atomic E-state index is 13.2. The van der Waals surface area contributed by atoms with Crippen LogP contribution in [0.5, 0.6) is 0 Å². The van der Waals surface area contributed by atoms with Crippen LogP contribution in [-0.4, -0.2) is 12.1 Å². The number of ether oxygens (including phenoxy) is 1. The molecule has 0 bridgehead atoms. The molecule has 2 rings (SSSR count). The van der Waals surface area contributed by atoms with Gasteiger partial charge in [0.15, 0.2) is 5.41 Å². The van der Waals surface area contributed by atoms with Crippen molar-refractivity contribution in [2.45, 2.75) is 19.5 Å². The summed E-state index contributed by atoms with van der Waals surface area (Å²) in [6, 6.07) is 6.72. The molecule has 5 heteroatoms. The lowest BCUT2D eigenvalue weighted by atomic mass is 9.84. The van der Waals surface area contributed by atoms with Crippen molar-refractivity contribution < 1.29 is 22.7 Å². The van der Waals surface area contributed by atoms with Crippen molar-refractivity contribution >= 4 is 11.7 Å². The number of hydrogen-bond donors (Lipinski definition) is 0. The Bertz CT molecular complexity index is 570. The minimum atomic E-state index is -4.72. The molecule has 0 saturated carbocycles. The number of aryl methyl sites for hydroxylation is 1. The van der Waals surface area contributed by atoms with Crippen molar-refractivity contribution in [3.63, 3.8) is 0 Å². The molecule has 1 aliphatic heterocycles. The van der Waals surface area contributed by atoms with Crippen LogP contribution in [0.4, 0.5) is 13.2 Å². The summed E-state index contributed by atoms with van der Waals surface area (Å²) in [5.41, 5.74) is -1.22. The second kappa shape index (κ2) is 4.81. The van der Waals surface area contributed by atoms with Gasteiger partial charge in [-0.25, -0.2) is 0 Å². The molecule has 2 nitrogen and oxygen atoms in total. The highest BCUT2D eigenvalue weighted by Crippen LogP contribution is 2.49. The van der Waals surface area contributed by atoms with Crippen LogP contribution in [0.2, 0.25) is 0 Å². The standard InChI is InChI=1S/C15H13F3O2/c1-3-8-14(15(16,17)18)9-12(20-13(14)19)11-6-4-10(2)5-7-11/h3-7,9H,1,8H2,2H3. The molecule has 0 radical (unpaired) electrons. The number of benzene rings is 1. The molecular weight excluding hydrogens is 269 g/mol. The lowest BCUT2D eigenvalue weighted by molar-refractivity contribution is -0.211. The minimum Gasteiger partial charge on any atom is -0.425 e. The Morgan fingerprint density at radius 1 is 1.30 bits per heavy atom. The molecule has 1 aromatic rings. The van der Waals surface area contributed by atoms with Gasteiger partial charge in [-0.15, -0.1) is 6.58 Å². The highest BCUT2D eigenvalue weighted by atomic mass is 19.4. The van der Waals surface area contributed by atoms with Crippen LogP contribution in [0.25, 0.3) is 5.76 Å². The van der Waals surface area contributed by atoms with Gasteiger partial charge in [0.05, 0.1) is 0 Å². The van der Waals surface area contributed by atoms with Crippen molar-refractivity contribution in [3.8, 4) is 0 Å². The van der Waals surface area contributed by atoms with E-state index in [1.807, 2.05) is 6.92 Å². The van der Waals surface area contributed by atoms with E-state index < -0.39 is 24.0 Å². The Balaban J connectivity index is 2.48. The van der Waals surface area contributed by atoms with Crippen molar-refractivity contribution in [1.29, 1.82) is 0 Å². The molecule has 1 aromatic carbocycles. The van der Waals surface area contributed by atoms with Crippen molar-refractivity contribution in [2.24, 2.45) is 5.41 Å². The zero-order valence-electron chi connectivity index (χ0n) is 10.8. The number of cyclic esters (lactones) is 1. The van der Waals surface area contributed by atoms with Crippen LogP contribution < -0.4 is 0 Å². The zero-order chi connectivity index (χ0) is 15.0. The number of halogens is 3. The van der Waals surface area contributed by atoms with Gasteiger partial charge in [0.1, 0.15) is 5.76 Å². The predicted molar refractivity (Wildman–Crippen MR) is 68.6 cm³/mol. The predicted octanol–water partition coefficient (Wildman–Crippen LogP) is 4.02. The number of rotatable bonds is 3. The van der Waals surface area contributed by atoms with Gasteiger partial charge in [-0.1, -0.05) is 35.9 Å². The summed E-state index contributed by atoms with van der Waals surface area (Å²) in [6.45, 7) is 5.15. The van der Waals surface area contributed by atoms with Crippen LogP contribution in [0.15, 0.2) is 43.0 Å². The van der Waals surface area contributed by atoms with Crippen molar-refractivity contribution in [1.82, 2.24) is 0 Å². The molecular formula is C15H13F3O2. The van der Waals surface area contributed by atoms with Crippen LogP contribution in [0.3, 0.4) is 0 Å². The molecule has 0 saturated heterocycles. The van der Waals surface area contributed by atoms with Gasteiger partial charge in [0, 0.05) is 5.56 Å². The number of alkyl halides is 3. The third-order valence-corrected chi connectivity index (χ3v) is 3.25. The molecule has 0 spiro atoms. The largest absolute Gasteiger partial charge is 0.425 e. The summed E-state index contributed by atoms with van der Waals surface area (Å²) < 4.78 is 44.5. The summed E-state index contributed by atoms with van der Waals surface area (Å²) >= 11 is 0. The number of allylic oxidation sites excluding steroid dienone is 1. The first-order valence-electron chi connectivity index (χ1n) is 6.00. The van der Waals surface area contributed by atoms with E-state index in [9.17, 15) is 18.0 Å². The number of carbonyl (C=O) groups excluding carboxylic acids is 1. The van der Waals surface area contributed by atoms with Crippen molar-refractivity contribution in [3.05, 3.63) is 54.1 Å². The Labute approximate surface area is 114 Å². The fourth-order valence-corrected chi connectivity index (χ4v) is 2.05. The molecule has 1 unspecified atom stereocenters. The van der Waals surface area contributed by atoms with E-state index in [1.54, 1.807) is 24.3 Å². The fourth-order valence-electron chi connectivity index (χ4n) is 2.05. The maximum atomic E-state index is 13.2. The Morgan fingerprint density at radius 3 is 2.40 bits per heavy atom. The first-order chi connectivity index (χ1) is 9.30. The Morgan fingerprint density at radius 2 is 1.90 bits per heavy atom. The third-order valence-electron chi connectivity index (χ3n) is 3.25. The van der Waals surface area contributed by atoms with E-state index in [2.05, 4.69) is 6.58 Å². The summed E-state index contributed by atoms with van der Waals surface area (Å²) in [5.74, 6) is -1.37. The van der Waals surface area contributed by atoms with E-state index in [4.69, 9.17) is 4.74 Å². The van der Waals surface area contributed by atoms with E-state index >= 15 is 0 Å². The second-order valence-electron chi connectivity index (χ2n) is 4.73. The molecule has 0 amide bonds. The first kappa shape index (κ1) is 14.4. The van der Waals surface area contributed by atoms with Gasteiger partial charge in [-0.05, 0) is 19.4 Å². The average Bonchev–Trinajstić information content (AvgIpc) is 2.69. The molecule has 106 valence electrons. The van der Waals surface area contributed by atoms with Crippen LogP contribution in [0.1, 0.15) is 17.5 Å². The molecule has 0 aromatic heterocycles. The van der Waals surface area contributed by atoms with Gasteiger partial charge in [0.25, 0.3) is 0 Å². The molecule has 0 aliphatic carbocycles. The average molecular weight is 282 g/mol. The Hall–Kier alpha value is -2.04. The quantitative estimate of drug-likeness (QED) is 0.618.